The van der Waals surface area contributed by atoms with Crippen molar-refractivity contribution in [2.24, 2.45) is 0 Å². The van der Waals surface area contributed by atoms with Gasteiger partial charge in [-0.05, 0) is 24.6 Å². The van der Waals surface area contributed by atoms with Crippen LogP contribution in [-0.4, -0.2) is 22.8 Å². The third-order valence-corrected chi connectivity index (χ3v) is 3.12. The summed E-state index contributed by atoms with van der Waals surface area (Å²) < 4.78 is 7.39. The summed E-state index contributed by atoms with van der Waals surface area (Å²) in [5.41, 5.74) is 1.00. The van der Waals surface area contributed by atoms with Gasteiger partial charge in [0.05, 0.1) is 13.2 Å². The number of carbonyl (C=O) groups is 1. The number of carboxylic acids is 1. The molecule has 0 aliphatic rings. The summed E-state index contributed by atoms with van der Waals surface area (Å²) in [5, 5.41) is 8.89. The van der Waals surface area contributed by atoms with Crippen molar-refractivity contribution in [1.29, 1.82) is 0 Å². The molecule has 0 saturated carbocycles. The van der Waals surface area contributed by atoms with Gasteiger partial charge in [0.1, 0.15) is 5.75 Å². The van der Waals surface area contributed by atoms with Crippen molar-refractivity contribution in [3.05, 3.63) is 54.4 Å². The van der Waals surface area contributed by atoms with Crippen LogP contribution in [0.2, 0.25) is 0 Å². The van der Waals surface area contributed by atoms with Crippen molar-refractivity contribution in [3.63, 3.8) is 0 Å². The van der Waals surface area contributed by atoms with Gasteiger partial charge in [-0.2, -0.15) is 0 Å². The Labute approximate surface area is 112 Å². The highest BCUT2D eigenvalue weighted by molar-refractivity contribution is 5.66. The van der Waals surface area contributed by atoms with E-state index in [2.05, 4.69) is 0 Å². The van der Waals surface area contributed by atoms with Crippen molar-refractivity contribution < 1.29 is 14.6 Å². The van der Waals surface area contributed by atoms with Gasteiger partial charge in [0, 0.05) is 24.4 Å². The summed E-state index contributed by atoms with van der Waals surface area (Å²) >= 11 is 0. The molecular formula is C15H17NO3. The van der Waals surface area contributed by atoms with E-state index < -0.39 is 5.97 Å². The van der Waals surface area contributed by atoms with Crippen LogP contribution < -0.4 is 4.74 Å². The predicted octanol–water partition coefficient (Wildman–Crippen LogP) is 2.95. The first-order chi connectivity index (χ1) is 9.22. The monoisotopic (exact) mass is 259 g/mol. The van der Waals surface area contributed by atoms with Gasteiger partial charge in [-0.25, -0.2) is 0 Å². The predicted molar refractivity (Wildman–Crippen MR) is 72.4 cm³/mol. The first-order valence-electron chi connectivity index (χ1n) is 6.19. The lowest BCUT2D eigenvalue weighted by Crippen LogP contribution is -2.12. The zero-order valence-corrected chi connectivity index (χ0v) is 10.8. The van der Waals surface area contributed by atoms with E-state index in [1.807, 2.05) is 53.4 Å². The highest BCUT2D eigenvalue weighted by atomic mass is 16.5. The van der Waals surface area contributed by atoms with Crippen LogP contribution in [0.5, 0.6) is 5.75 Å². The molecule has 0 aliphatic carbocycles. The lowest BCUT2D eigenvalue weighted by atomic mass is 10.0. The Kier molecular flexibility index (Phi) is 4.23. The van der Waals surface area contributed by atoms with Gasteiger partial charge < -0.3 is 14.4 Å². The second-order valence-corrected chi connectivity index (χ2v) is 4.32. The number of carboxylic acid groups (broad SMARTS) is 1. The van der Waals surface area contributed by atoms with Crippen LogP contribution in [0.1, 0.15) is 24.4 Å². The van der Waals surface area contributed by atoms with Gasteiger partial charge in [0.15, 0.2) is 0 Å². The molecule has 19 heavy (non-hydrogen) atoms. The summed E-state index contributed by atoms with van der Waals surface area (Å²) in [6, 6.07) is 11.6. The summed E-state index contributed by atoms with van der Waals surface area (Å²) in [4.78, 5) is 10.8. The zero-order chi connectivity index (χ0) is 13.7. The maximum atomic E-state index is 10.8. The van der Waals surface area contributed by atoms with Gasteiger partial charge >= 0.3 is 5.97 Å². The van der Waals surface area contributed by atoms with Gasteiger partial charge in [0.2, 0.25) is 0 Å². The Bertz CT molecular complexity index is 534. The summed E-state index contributed by atoms with van der Waals surface area (Å²) in [7, 11) is 1.63. The molecule has 4 nitrogen and oxygen atoms in total. The molecule has 1 N–H and O–H groups in total. The van der Waals surface area contributed by atoms with E-state index >= 15 is 0 Å². The first-order valence-corrected chi connectivity index (χ1v) is 6.19. The smallest absolute Gasteiger partial charge is 0.303 e. The molecule has 2 aromatic rings. The average molecular weight is 259 g/mol. The number of hydrogen-bond donors (Lipinski definition) is 1. The minimum Gasteiger partial charge on any atom is -0.496 e. The molecule has 1 aromatic carbocycles. The van der Waals surface area contributed by atoms with E-state index in [1.54, 1.807) is 7.11 Å². The number of hydrogen-bond acceptors (Lipinski definition) is 2. The van der Waals surface area contributed by atoms with Crippen molar-refractivity contribution >= 4 is 5.97 Å². The highest BCUT2D eigenvalue weighted by Crippen LogP contribution is 2.31. The molecule has 1 atom stereocenters. The average Bonchev–Trinajstić information content (AvgIpc) is 2.93. The lowest BCUT2D eigenvalue weighted by Gasteiger charge is -2.21. The fourth-order valence-corrected chi connectivity index (χ4v) is 2.22. The molecule has 0 bridgehead atoms. The molecule has 2 rings (SSSR count). The van der Waals surface area contributed by atoms with E-state index in [0.717, 1.165) is 11.3 Å². The molecule has 0 radical (unpaired) electrons. The summed E-state index contributed by atoms with van der Waals surface area (Å²) in [5.74, 6) is -0.00126. The van der Waals surface area contributed by atoms with Crippen LogP contribution in [0.25, 0.3) is 0 Å². The number of methoxy groups -OCH3 is 1. The molecule has 0 amide bonds. The van der Waals surface area contributed by atoms with E-state index in [4.69, 9.17) is 9.84 Å². The molecule has 1 aromatic heterocycles. The van der Waals surface area contributed by atoms with Crippen LogP contribution in [0.3, 0.4) is 0 Å². The van der Waals surface area contributed by atoms with Crippen LogP contribution in [0.4, 0.5) is 0 Å². The molecule has 4 heteroatoms. The van der Waals surface area contributed by atoms with Crippen molar-refractivity contribution in [2.75, 3.05) is 7.11 Å². The molecule has 0 fully saturated rings. The summed E-state index contributed by atoms with van der Waals surface area (Å²) in [6.07, 6.45) is 4.54. The fourth-order valence-electron chi connectivity index (χ4n) is 2.22. The second-order valence-electron chi connectivity index (χ2n) is 4.32. The van der Waals surface area contributed by atoms with E-state index in [1.165, 1.54) is 0 Å². The Morgan fingerprint density at radius 3 is 2.58 bits per heavy atom. The second kappa shape index (κ2) is 6.09. The number of ether oxygens (including phenoxy) is 1. The number of para-hydroxylation sites is 1. The maximum Gasteiger partial charge on any atom is 0.303 e. The number of benzene rings is 1. The normalized spacial score (nSPS) is 12.1. The maximum absolute atomic E-state index is 10.8. The van der Waals surface area contributed by atoms with Gasteiger partial charge in [-0.15, -0.1) is 0 Å². The van der Waals surface area contributed by atoms with Crippen molar-refractivity contribution in [1.82, 2.24) is 4.57 Å². The van der Waals surface area contributed by atoms with Crippen LogP contribution >= 0.6 is 0 Å². The molecule has 100 valence electrons. The lowest BCUT2D eigenvalue weighted by molar-refractivity contribution is -0.137. The van der Waals surface area contributed by atoms with Crippen LogP contribution in [0.15, 0.2) is 48.8 Å². The van der Waals surface area contributed by atoms with Gasteiger partial charge in [-0.1, -0.05) is 18.2 Å². The standard InChI is InChI=1S/C15H17NO3/c1-19-14-7-3-2-6-12(14)13(8-9-15(17)18)16-10-4-5-11-16/h2-7,10-11,13H,8-9H2,1H3,(H,17,18). The highest BCUT2D eigenvalue weighted by Gasteiger charge is 2.18. The fraction of sp³-hybridized carbons (Fsp3) is 0.267. The number of aliphatic carboxylic acids is 1. The molecule has 1 unspecified atom stereocenters. The topological polar surface area (TPSA) is 51.5 Å². The minimum absolute atomic E-state index is 0.0257. The first kappa shape index (κ1) is 13.2. The third-order valence-electron chi connectivity index (χ3n) is 3.12. The van der Waals surface area contributed by atoms with Gasteiger partial charge in [-0.3, -0.25) is 4.79 Å². The number of aromatic nitrogens is 1. The van der Waals surface area contributed by atoms with E-state index in [0.29, 0.717) is 6.42 Å². The largest absolute Gasteiger partial charge is 0.496 e. The Morgan fingerprint density at radius 1 is 1.26 bits per heavy atom. The molecule has 0 spiro atoms. The molecule has 1 heterocycles. The SMILES string of the molecule is COc1ccccc1C(CCC(=O)O)n1cccc1. The Hall–Kier alpha value is -2.23. The molecule has 0 aliphatic heterocycles. The Morgan fingerprint density at radius 2 is 1.95 bits per heavy atom. The molecular weight excluding hydrogens is 242 g/mol. The van der Waals surface area contributed by atoms with E-state index in [9.17, 15) is 4.79 Å². The van der Waals surface area contributed by atoms with Crippen LogP contribution in [-0.2, 0) is 4.79 Å². The number of nitrogens with zero attached hydrogens (tertiary/aromatic N) is 1. The van der Waals surface area contributed by atoms with Crippen molar-refractivity contribution in [3.8, 4) is 5.75 Å². The van der Waals surface area contributed by atoms with Gasteiger partial charge in [0.25, 0.3) is 0 Å². The minimum atomic E-state index is -0.785. The van der Waals surface area contributed by atoms with E-state index in [-0.39, 0.29) is 12.5 Å². The third kappa shape index (κ3) is 3.16. The van der Waals surface area contributed by atoms with Crippen molar-refractivity contribution in [2.45, 2.75) is 18.9 Å². The molecule has 0 saturated heterocycles. The summed E-state index contributed by atoms with van der Waals surface area (Å²) in [6.45, 7) is 0. The quantitative estimate of drug-likeness (QED) is 0.867. The Balaban J connectivity index is 2.33. The van der Waals surface area contributed by atoms with Crippen LogP contribution in [0, 0.1) is 0 Å². The number of rotatable bonds is 6. The zero-order valence-electron chi connectivity index (χ0n) is 10.8.